The van der Waals surface area contributed by atoms with Crippen LogP contribution in [0.3, 0.4) is 0 Å². The van der Waals surface area contributed by atoms with Crippen LogP contribution in [0.1, 0.15) is 52.4 Å². The molecule has 2 spiro atoms. The Morgan fingerprint density at radius 2 is 1.25 bits per heavy atom. The second-order valence-electron chi connectivity index (χ2n) is 9.09. The fourth-order valence-corrected chi connectivity index (χ4v) is 7.14. The van der Waals surface area contributed by atoms with Crippen molar-refractivity contribution in [3.8, 4) is 0 Å². The molecule has 5 rings (SSSR count). The van der Waals surface area contributed by atoms with Crippen LogP contribution < -0.4 is 0 Å². The molecular weight excluding hydrogens is 304 g/mol. The predicted octanol–water partition coefficient (Wildman–Crippen LogP) is 3.43. The second kappa shape index (κ2) is 4.97. The van der Waals surface area contributed by atoms with Crippen LogP contribution in [0, 0.1) is 35.5 Å². The number of hydrogen-bond acceptors (Lipinski definition) is 4. The van der Waals surface area contributed by atoms with E-state index in [1.54, 1.807) is 0 Å². The van der Waals surface area contributed by atoms with E-state index in [0.717, 1.165) is 45.3 Å². The lowest BCUT2D eigenvalue weighted by Crippen LogP contribution is -2.61. The van der Waals surface area contributed by atoms with Crippen LogP contribution in [0.5, 0.6) is 0 Å². The van der Waals surface area contributed by atoms with Crippen molar-refractivity contribution >= 4 is 0 Å². The molecule has 2 heterocycles. The zero-order valence-corrected chi connectivity index (χ0v) is 15.0. The molecule has 4 nitrogen and oxygen atoms in total. The monoisotopic (exact) mass is 334 g/mol. The maximum absolute atomic E-state index is 6.93. The van der Waals surface area contributed by atoms with Gasteiger partial charge < -0.3 is 18.9 Å². The maximum atomic E-state index is 6.93. The molecule has 0 amide bonds. The van der Waals surface area contributed by atoms with Crippen molar-refractivity contribution in [2.45, 2.75) is 63.9 Å². The molecule has 0 aromatic heterocycles. The fourth-order valence-electron chi connectivity index (χ4n) is 7.14. The Kier molecular flexibility index (Phi) is 3.32. The number of rotatable bonds is 0. The molecule has 24 heavy (non-hydrogen) atoms. The third-order valence-corrected chi connectivity index (χ3v) is 8.39. The van der Waals surface area contributed by atoms with E-state index < -0.39 is 11.2 Å². The fraction of sp³-hybridized carbons (Fsp3) is 0.950. The van der Waals surface area contributed by atoms with Crippen LogP contribution in [-0.2, 0) is 18.9 Å². The van der Waals surface area contributed by atoms with Gasteiger partial charge in [-0.25, -0.2) is 0 Å². The molecule has 4 heteroatoms. The van der Waals surface area contributed by atoms with Crippen molar-refractivity contribution in [2.24, 2.45) is 28.6 Å². The van der Waals surface area contributed by atoms with E-state index in [1.807, 2.05) is 0 Å². The van der Waals surface area contributed by atoms with Gasteiger partial charge in [-0.15, -0.1) is 0 Å². The highest BCUT2D eigenvalue weighted by Crippen LogP contribution is 2.69. The lowest BCUT2D eigenvalue weighted by atomic mass is 9.48. The van der Waals surface area contributed by atoms with Crippen molar-refractivity contribution < 1.29 is 18.9 Å². The van der Waals surface area contributed by atoms with Crippen molar-refractivity contribution in [2.75, 3.05) is 26.4 Å². The van der Waals surface area contributed by atoms with E-state index in [1.165, 1.54) is 6.42 Å². The summed E-state index contributed by atoms with van der Waals surface area (Å²) in [5.41, 5.74) is -0.288. The van der Waals surface area contributed by atoms with E-state index in [0.29, 0.717) is 31.0 Å². The summed E-state index contributed by atoms with van der Waals surface area (Å²) in [4.78, 5) is 0. The molecule has 3 aliphatic carbocycles. The van der Waals surface area contributed by atoms with Crippen molar-refractivity contribution in [1.29, 1.82) is 0 Å². The summed E-state index contributed by atoms with van der Waals surface area (Å²) in [6.07, 6.45) is 6.55. The van der Waals surface area contributed by atoms with E-state index in [2.05, 4.69) is 13.8 Å². The van der Waals surface area contributed by atoms with Crippen LogP contribution >= 0.6 is 0 Å². The van der Waals surface area contributed by atoms with Crippen molar-refractivity contribution in [1.82, 2.24) is 0 Å². The molecule has 5 atom stereocenters. The van der Waals surface area contributed by atoms with E-state index in [9.17, 15) is 0 Å². The SMILES string of the molecule is [CH][C@]1(C)[C@H]2CC[C@@]3(C)[C@@H](CCC34OCCO4)[C@@H]2CCC12OCCO2. The van der Waals surface area contributed by atoms with Gasteiger partial charge in [0.2, 0.25) is 0 Å². The van der Waals surface area contributed by atoms with E-state index in [-0.39, 0.29) is 11.2 Å². The summed E-state index contributed by atoms with van der Waals surface area (Å²) in [7, 11) is 0. The predicted molar refractivity (Wildman–Crippen MR) is 88.0 cm³/mol. The summed E-state index contributed by atoms with van der Waals surface area (Å²) in [6.45, 7) is 14.4. The Labute approximate surface area is 145 Å². The van der Waals surface area contributed by atoms with Crippen LogP contribution in [0.4, 0.5) is 0 Å². The van der Waals surface area contributed by atoms with Gasteiger partial charge in [-0.3, -0.25) is 0 Å². The van der Waals surface area contributed by atoms with E-state index in [4.69, 9.17) is 25.9 Å². The molecule has 0 aromatic rings. The lowest BCUT2D eigenvalue weighted by Gasteiger charge is -2.60. The third kappa shape index (κ3) is 1.74. The summed E-state index contributed by atoms with van der Waals surface area (Å²) in [6, 6.07) is 0. The second-order valence-corrected chi connectivity index (χ2v) is 9.09. The molecule has 0 N–H and O–H groups in total. The zero-order chi connectivity index (χ0) is 16.6. The summed E-state index contributed by atoms with van der Waals surface area (Å²) in [5, 5.41) is 0. The van der Waals surface area contributed by atoms with Crippen LogP contribution in [0.15, 0.2) is 0 Å². The highest BCUT2D eigenvalue weighted by Gasteiger charge is 2.69. The van der Waals surface area contributed by atoms with Gasteiger partial charge in [0.15, 0.2) is 11.6 Å². The molecular formula is C20H30O4. The minimum atomic E-state index is -0.557. The molecule has 0 aromatic carbocycles. The number of ether oxygens (including phenoxy) is 4. The molecule has 5 aliphatic rings. The Bertz CT molecular complexity index is 506. The van der Waals surface area contributed by atoms with E-state index >= 15 is 0 Å². The Hall–Kier alpha value is -0.160. The van der Waals surface area contributed by atoms with Gasteiger partial charge in [-0.2, -0.15) is 0 Å². The van der Waals surface area contributed by atoms with Gasteiger partial charge in [0.1, 0.15) is 0 Å². The minimum absolute atomic E-state index is 0.128. The molecule has 134 valence electrons. The van der Waals surface area contributed by atoms with Gasteiger partial charge in [-0.1, -0.05) is 13.8 Å². The average molecular weight is 334 g/mol. The first-order valence-electron chi connectivity index (χ1n) is 9.79. The quantitative estimate of drug-likeness (QED) is 0.680. The number of hydrogen-bond donors (Lipinski definition) is 0. The topological polar surface area (TPSA) is 36.9 Å². The zero-order valence-electron chi connectivity index (χ0n) is 15.0. The summed E-state index contributed by atoms with van der Waals surface area (Å²) in [5.74, 6) is 0.834. The molecule has 0 bridgehead atoms. The van der Waals surface area contributed by atoms with Crippen LogP contribution in [0.25, 0.3) is 0 Å². The number of fused-ring (bicyclic) bond motifs is 4. The summed E-state index contributed by atoms with van der Waals surface area (Å²) < 4.78 is 24.5. The third-order valence-electron chi connectivity index (χ3n) is 8.39. The molecule has 5 fully saturated rings. The molecule has 2 saturated heterocycles. The van der Waals surface area contributed by atoms with Gasteiger partial charge in [0.25, 0.3) is 0 Å². The lowest BCUT2D eigenvalue weighted by molar-refractivity contribution is -0.288. The Morgan fingerprint density at radius 3 is 1.92 bits per heavy atom. The van der Waals surface area contributed by atoms with Gasteiger partial charge >= 0.3 is 0 Å². The first kappa shape index (κ1) is 16.0. The standard InChI is InChI=1S/C20H30O4/c1-17(2)15-5-7-18(3)16(6-9-20(18)23-12-13-24-20)14(15)4-8-19(17)21-10-11-22-19/h1,14-16H,4-13H2,2-3H3/t14-,15+,16+,17+,18+/m1/s1. The smallest absolute Gasteiger partial charge is 0.174 e. The average Bonchev–Trinajstić information content (AvgIpc) is 3.26. The first-order valence-corrected chi connectivity index (χ1v) is 9.79. The maximum Gasteiger partial charge on any atom is 0.174 e. The van der Waals surface area contributed by atoms with Gasteiger partial charge in [0, 0.05) is 23.7 Å². The molecule has 2 radical (unpaired) electrons. The van der Waals surface area contributed by atoms with Crippen molar-refractivity contribution in [3.63, 3.8) is 0 Å². The summed E-state index contributed by atoms with van der Waals surface area (Å²) >= 11 is 0. The largest absolute Gasteiger partial charge is 0.347 e. The van der Waals surface area contributed by atoms with Crippen LogP contribution in [0.2, 0.25) is 0 Å². The van der Waals surface area contributed by atoms with Gasteiger partial charge in [0.05, 0.1) is 26.4 Å². The Morgan fingerprint density at radius 1 is 0.708 bits per heavy atom. The normalized spacial score (nSPS) is 47.9. The highest BCUT2D eigenvalue weighted by atomic mass is 16.7. The Balaban J connectivity index is 1.47. The molecule has 0 unspecified atom stereocenters. The highest BCUT2D eigenvalue weighted by molar-refractivity contribution is 5.14. The van der Waals surface area contributed by atoms with Crippen molar-refractivity contribution in [3.05, 3.63) is 6.92 Å². The minimum Gasteiger partial charge on any atom is -0.347 e. The van der Waals surface area contributed by atoms with Gasteiger partial charge in [-0.05, 0) is 50.4 Å². The molecule has 2 aliphatic heterocycles. The molecule has 3 saturated carbocycles. The first-order chi connectivity index (χ1) is 11.4. The van der Waals surface area contributed by atoms with Crippen LogP contribution in [-0.4, -0.2) is 38.0 Å².